The number of aromatic nitrogens is 2. The first-order chi connectivity index (χ1) is 15.0. The molecule has 0 radical (unpaired) electrons. The number of aliphatic hydroxyl groups is 1. The summed E-state index contributed by atoms with van der Waals surface area (Å²) in [7, 11) is 0. The molecule has 1 aliphatic carbocycles. The number of carbonyl (C=O) groups excluding carboxylic acids is 1. The Kier molecular flexibility index (Phi) is 6.25. The van der Waals surface area contributed by atoms with Crippen LogP contribution in [0, 0.1) is 11.3 Å². The molecule has 0 aromatic carbocycles. The number of rotatable bonds is 6. The van der Waals surface area contributed by atoms with E-state index in [1.807, 2.05) is 6.92 Å². The Labute approximate surface area is 186 Å². The summed E-state index contributed by atoms with van der Waals surface area (Å²) in [6, 6.07) is 7.30. The van der Waals surface area contributed by atoms with E-state index < -0.39 is 0 Å². The molecule has 4 rings (SSSR count). The van der Waals surface area contributed by atoms with Crippen LogP contribution >= 0.6 is 11.6 Å². The molecular weight excluding hydrogens is 418 g/mol. The van der Waals surface area contributed by atoms with Crippen molar-refractivity contribution in [2.75, 3.05) is 31.1 Å². The van der Waals surface area contributed by atoms with E-state index in [-0.39, 0.29) is 25.0 Å². The van der Waals surface area contributed by atoms with Gasteiger partial charge in [0.25, 0.3) is 0 Å². The number of piperazine rings is 1. The van der Waals surface area contributed by atoms with Crippen LogP contribution < -0.4 is 9.64 Å². The topological polar surface area (TPSA) is 103 Å². The summed E-state index contributed by atoms with van der Waals surface area (Å²) in [6.07, 6.45) is 3.76. The molecule has 0 bridgehead atoms. The fourth-order valence-corrected chi connectivity index (χ4v) is 4.05. The van der Waals surface area contributed by atoms with Crippen LogP contribution in [0.3, 0.4) is 0 Å². The maximum absolute atomic E-state index is 12.2. The van der Waals surface area contributed by atoms with Crippen LogP contribution in [0.15, 0.2) is 24.4 Å². The first-order valence-corrected chi connectivity index (χ1v) is 10.8. The molecular formula is C22H24ClN5O3. The molecule has 2 aliphatic rings. The van der Waals surface area contributed by atoms with Gasteiger partial charge in [-0.05, 0) is 25.8 Å². The number of nitrogens with zero attached hydrogens (tertiary/aromatic N) is 5. The minimum atomic E-state index is -0.152. The van der Waals surface area contributed by atoms with E-state index in [4.69, 9.17) is 26.4 Å². The summed E-state index contributed by atoms with van der Waals surface area (Å²) >= 11 is 5.97. The van der Waals surface area contributed by atoms with Crippen LogP contribution in [0.2, 0.25) is 5.15 Å². The number of carbonyl (C=O) groups is 1. The second-order valence-corrected chi connectivity index (χ2v) is 8.29. The molecule has 2 aromatic heterocycles. The zero-order chi connectivity index (χ0) is 22.0. The molecule has 162 valence electrons. The largest absolute Gasteiger partial charge is 0.455 e. The van der Waals surface area contributed by atoms with Crippen molar-refractivity contribution in [2.24, 2.45) is 0 Å². The zero-order valence-corrected chi connectivity index (χ0v) is 18.0. The first-order valence-electron chi connectivity index (χ1n) is 10.4. The summed E-state index contributed by atoms with van der Waals surface area (Å²) in [6.45, 7) is 3.50. The molecule has 1 amide bonds. The number of ether oxygens (including phenoxy) is 1. The van der Waals surface area contributed by atoms with Gasteiger partial charge in [0.2, 0.25) is 5.91 Å². The van der Waals surface area contributed by atoms with E-state index in [0.717, 1.165) is 18.5 Å². The van der Waals surface area contributed by atoms with E-state index in [1.54, 1.807) is 29.3 Å². The number of anilines is 1. The fourth-order valence-electron chi connectivity index (χ4n) is 3.89. The van der Waals surface area contributed by atoms with E-state index >= 15 is 0 Å². The highest BCUT2D eigenvalue weighted by Crippen LogP contribution is 2.45. The molecule has 1 saturated heterocycles. The maximum atomic E-state index is 12.2. The molecule has 0 unspecified atom stereocenters. The van der Waals surface area contributed by atoms with Crippen molar-refractivity contribution >= 4 is 23.3 Å². The number of hydrogen-bond donors (Lipinski definition) is 1. The van der Waals surface area contributed by atoms with Gasteiger partial charge < -0.3 is 19.6 Å². The molecule has 2 aromatic rings. The SMILES string of the molecule is C[C@@H]1CN(c2nc(C3CC3)c(Oc3ccnc(Cl)c3)cc2C#N)CCN1C(=O)CCO. The lowest BCUT2D eigenvalue weighted by Gasteiger charge is -2.40. The van der Waals surface area contributed by atoms with Crippen LogP contribution in [0.4, 0.5) is 5.82 Å². The third-order valence-corrected chi connectivity index (χ3v) is 5.79. The second kappa shape index (κ2) is 9.08. The molecule has 8 nitrogen and oxygen atoms in total. The van der Waals surface area contributed by atoms with Crippen LogP contribution in [0.1, 0.15) is 43.4 Å². The second-order valence-electron chi connectivity index (χ2n) is 7.90. The van der Waals surface area contributed by atoms with Gasteiger partial charge in [-0.1, -0.05) is 11.6 Å². The van der Waals surface area contributed by atoms with Gasteiger partial charge in [0.05, 0.1) is 17.9 Å². The average Bonchev–Trinajstić information content (AvgIpc) is 3.59. The molecule has 1 saturated carbocycles. The van der Waals surface area contributed by atoms with Gasteiger partial charge in [-0.2, -0.15) is 5.26 Å². The Balaban J connectivity index is 1.61. The van der Waals surface area contributed by atoms with Crippen molar-refractivity contribution in [3.05, 3.63) is 40.8 Å². The van der Waals surface area contributed by atoms with Gasteiger partial charge in [-0.15, -0.1) is 0 Å². The van der Waals surface area contributed by atoms with Gasteiger partial charge >= 0.3 is 0 Å². The van der Waals surface area contributed by atoms with E-state index in [2.05, 4.69) is 16.0 Å². The number of pyridine rings is 2. The highest BCUT2D eigenvalue weighted by molar-refractivity contribution is 6.29. The third kappa shape index (κ3) is 4.73. The minimum Gasteiger partial charge on any atom is -0.455 e. The van der Waals surface area contributed by atoms with Crippen molar-refractivity contribution in [1.29, 1.82) is 5.26 Å². The summed E-state index contributed by atoms with van der Waals surface area (Å²) < 4.78 is 6.04. The normalized spacial score (nSPS) is 18.6. The molecule has 1 N–H and O–H groups in total. The van der Waals surface area contributed by atoms with Crippen molar-refractivity contribution in [3.63, 3.8) is 0 Å². The highest BCUT2D eigenvalue weighted by Gasteiger charge is 2.33. The number of hydrogen-bond acceptors (Lipinski definition) is 7. The van der Waals surface area contributed by atoms with Crippen molar-refractivity contribution < 1.29 is 14.6 Å². The summed E-state index contributed by atoms with van der Waals surface area (Å²) in [5.74, 6) is 2.00. The molecule has 1 aliphatic heterocycles. The van der Waals surface area contributed by atoms with Crippen LogP contribution in [0.25, 0.3) is 0 Å². The van der Waals surface area contributed by atoms with Gasteiger partial charge in [-0.3, -0.25) is 4.79 Å². The molecule has 31 heavy (non-hydrogen) atoms. The lowest BCUT2D eigenvalue weighted by molar-refractivity contribution is -0.134. The maximum Gasteiger partial charge on any atom is 0.225 e. The predicted molar refractivity (Wildman–Crippen MR) is 115 cm³/mol. The van der Waals surface area contributed by atoms with Gasteiger partial charge in [0.15, 0.2) is 5.75 Å². The number of amides is 1. The van der Waals surface area contributed by atoms with Gasteiger partial charge in [0.1, 0.15) is 22.8 Å². The Morgan fingerprint density at radius 3 is 2.84 bits per heavy atom. The third-order valence-electron chi connectivity index (χ3n) is 5.58. The van der Waals surface area contributed by atoms with E-state index in [0.29, 0.717) is 53.6 Å². The van der Waals surface area contributed by atoms with Crippen molar-refractivity contribution in [1.82, 2.24) is 14.9 Å². The smallest absolute Gasteiger partial charge is 0.225 e. The molecule has 9 heteroatoms. The summed E-state index contributed by atoms with van der Waals surface area (Å²) in [4.78, 5) is 24.9. The Bertz CT molecular complexity index is 1020. The van der Waals surface area contributed by atoms with Crippen molar-refractivity contribution in [3.8, 4) is 17.6 Å². The standard InChI is InChI=1S/C22H24ClN5O3/c1-14-13-27(7-8-28(14)20(30)5-9-29)22-16(12-24)10-18(21(26-22)15-2-3-15)31-17-4-6-25-19(23)11-17/h4,6,10-11,14-15,29H,2-3,5,7-9,13H2,1H3/t14-/m1/s1. The van der Waals surface area contributed by atoms with Gasteiger partial charge in [-0.25, -0.2) is 9.97 Å². The van der Waals surface area contributed by atoms with Crippen LogP contribution in [-0.2, 0) is 4.79 Å². The fraction of sp³-hybridized carbons (Fsp3) is 0.455. The quantitative estimate of drug-likeness (QED) is 0.687. The Morgan fingerprint density at radius 1 is 1.39 bits per heavy atom. The monoisotopic (exact) mass is 441 g/mol. The Hall–Kier alpha value is -2.89. The highest BCUT2D eigenvalue weighted by atomic mass is 35.5. The minimum absolute atomic E-state index is 0.0413. The number of aliphatic hydroxyl groups excluding tert-OH is 1. The zero-order valence-electron chi connectivity index (χ0n) is 17.3. The Morgan fingerprint density at radius 2 is 2.19 bits per heavy atom. The number of halogens is 1. The van der Waals surface area contributed by atoms with Gasteiger partial charge in [0, 0.05) is 56.3 Å². The predicted octanol–water partition coefficient (Wildman–Crippen LogP) is 3.09. The van der Waals surface area contributed by atoms with Crippen LogP contribution in [0.5, 0.6) is 11.5 Å². The lowest BCUT2D eigenvalue weighted by atomic mass is 10.1. The summed E-state index contributed by atoms with van der Waals surface area (Å²) in [5.41, 5.74) is 1.27. The van der Waals surface area contributed by atoms with Crippen molar-refractivity contribution in [2.45, 2.75) is 38.1 Å². The summed E-state index contributed by atoms with van der Waals surface area (Å²) in [5, 5.41) is 19.2. The van der Waals surface area contributed by atoms with E-state index in [1.165, 1.54) is 0 Å². The average molecular weight is 442 g/mol. The lowest BCUT2D eigenvalue weighted by Crippen LogP contribution is -2.54. The van der Waals surface area contributed by atoms with E-state index in [9.17, 15) is 10.1 Å². The number of nitriles is 1. The van der Waals surface area contributed by atoms with Crippen LogP contribution in [-0.4, -0.2) is 58.2 Å². The molecule has 3 heterocycles. The molecule has 1 atom stereocenters. The molecule has 2 fully saturated rings. The molecule has 0 spiro atoms. The first kappa shape index (κ1) is 21.3.